The van der Waals surface area contributed by atoms with Gasteiger partial charge < -0.3 is 28.5 Å². The van der Waals surface area contributed by atoms with E-state index in [9.17, 15) is 19.0 Å². The topological polar surface area (TPSA) is 114 Å². The smallest absolute Gasteiger partial charge is 0.306 e. The molecule has 0 aromatic heterocycles. The summed E-state index contributed by atoms with van der Waals surface area (Å²) in [5.41, 5.74) is 0. The first-order valence-electron chi connectivity index (χ1n) is 25.3. The molecule has 10 heteroatoms. The third-order valence-electron chi connectivity index (χ3n) is 11.1. The number of hydrogen-bond donors (Lipinski definition) is 1. The van der Waals surface area contributed by atoms with Crippen LogP contribution in [0.2, 0.25) is 0 Å². The van der Waals surface area contributed by atoms with Crippen molar-refractivity contribution >= 4 is 19.7 Å². The summed E-state index contributed by atoms with van der Waals surface area (Å²) in [6.45, 7) is 6.77. The molecule has 0 spiro atoms. The van der Waals surface area contributed by atoms with Crippen molar-refractivity contribution in [3.63, 3.8) is 0 Å². The number of carbonyl (C=O) groups is 2. The number of rotatable bonds is 45. The molecule has 0 heterocycles. The fourth-order valence-corrected chi connectivity index (χ4v) is 7.83. The second-order valence-corrected chi connectivity index (χ2v) is 19.7. The van der Waals surface area contributed by atoms with Crippen LogP contribution in [0.15, 0.2) is 36.5 Å². The van der Waals surface area contributed by atoms with E-state index in [1.165, 1.54) is 135 Å². The maximum atomic E-state index is 13.4. The van der Waals surface area contributed by atoms with Crippen LogP contribution in [0.1, 0.15) is 226 Å². The average molecular weight is 881 g/mol. The molecule has 358 valence electrons. The van der Waals surface area contributed by atoms with Crippen molar-refractivity contribution in [3.05, 3.63) is 36.5 Å². The highest BCUT2D eigenvalue weighted by Gasteiger charge is 2.27. The van der Waals surface area contributed by atoms with Gasteiger partial charge in [0.25, 0.3) is 7.82 Å². The minimum absolute atomic E-state index is 0.0281. The van der Waals surface area contributed by atoms with Gasteiger partial charge in [-0.15, -0.1) is 0 Å². The van der Waals surface area contributed by atoms with Gasteiger partial charge in [-0.1, -0.05) is 199 Å². The van der Waals surface area contributed by atoms with Gasteiger partial charge in [0, 0.05) is 12.8 Å². The molecule has 0 bridgehead atoms. The number of carbonyl (C=O) groups excluding carboxylic acids is 2. The molecule has 1 N–H and O–H groups in total. The van der Waals surface area contributed by atoms with E-state index in [-0.39, 0.29) is 18.9 Å². The molecule has 0 aliphatic rings. The van der Waals surface area contributed by atoms with Gasteiger partial charge in [0.05, 0.1) is 33.8 Å². The maximum Gasteiger partial charge on any atom is 0.306 e. The zero-order valence-electron chi connectivity index (χ0n) is 40.6. The van der Waals surface area contributed by atoms with Crippen LogP contribution < -0.4 is 10.2 Å². The summed E-state index contributed by atoms with van der Waals surface area (Å²) >= 11 is 0. The van der Waals surface area contributed by atoms with Crippen LogP contribution >= 0.6 is 7.82 Å². The lowest BCUT2D eigenvalue weighted by Gasteiger charge is -2.30. The molecule has 0 fully saturated rings. The van der Waals surface area contributed by atoms with Crippen LogP contribution in [0, 0.1) is 0 Å². The molecule has 1 amide bonds. The lowest BCUT2D eigenvalue weighted by atomic mass is 10.0. The lowest BCUT2D eigenvalue weighted by molar-refractivity contribution is -0.870. The molecule has 0 aliphatic carbocycles. The van der Waals surface area contributed by atoms with E-state index in [1.54, 1.807) is 6.08 Å². The Kier molecular flexibility index (Phi) is 41.0. The third kappa shape index (κ3) is 43.3. The number of phosphoric acid groups is 1. The van der Waals surface area contributed by atoms with Crippen molar-refractivity contribution < 1.29 is 37.3 Å². The second-order valence-electron chi connectivity index (χ2n) is 18.3. The lowest BCUT2D eigenvalue weighted by Crippen LogP contribution is -2.47. The Labute approximate surface area is 376 Å². The van der Waals surface area contributed by atoms with Gasteiger partial charge >= 0.3 is 5.97 Å². The highest BCUT2D eigenvalue weighted by Crippen LogP contribution is 2.38. The van der Waals surface area contributed by atoms with E-state index >= 15 is 0 Å². The van der Waals surface area contributed by atoms with Gasteiger partial charge in [0.15, 0.2) is 0 Å². The Balaban J connectivity index is 5.52. The normalized spacial score (nSPS) is 14.3. The van der Waals surface area contributed by atoms with Gasteiger partial charge in [-0.3, -0.25) is 14.2 Å². The Hall–Kier alpha value is -1.77. The van der Waals surface area contributed by atoms with Crippen LogP contribution in [0.25, 0.3) is 0 Å². The van der Waals surface area contributed by atoms with E-state index in [1.807, 2.05) is 33.3 Å². The summed E-state index contributed by atoms with van der Waals surface area (Å²) < 4.78 is 30.0. The molecule has 0 rings (SSSR count). The Bertz CT molecular complexity index is 1150. The van der Waals surface area contributed by atoms with E-state index in [0.29, 0.717) is 23.9 Å². The van der Waals surface area contributed by atoms with Gasteiger partial charge in [-0.2, -0.15) is 0 Å². The summed E-state index contributed by atoms with van der Waals surface area (Å²) in [5.74, 6) is -0.618. The number of nitrogens with one attached hydrogen (secondary N) is 1. The van der Waals surface area contributed by atoms with Crippen molar-refractivity contribution in [1.29, 1.82) is 0 Å². The van der Waals surface area contributed by atoms with Gasteiger partial charge in [0.1, 0.15) is 19.3 Å². The molecule has 3 unspecified atom stereocenters. The zero-order chi connectivity index (χ0) is 45.1. The predicted molar refractivity (Wildman–Crippen MR) is 256 cm³/mol. The Morgan fingerprint density at radius 3 is 1.51 bits per heavy atom. The van der Waals surface area contributed by atoms with E-state index in [0.717, 1.165) is 51.4 Å². The number of likely N-dealkylation sites (N-methyl/N-ethyl adjacent to an activating group) is 1. The molecule has 0 radical (unpaired) electrons. The highest BCUT2D eigenvalue weighted by molar-refractivity contribution is 7.45. The van der Waals surface area contributed by atoms with Crippen LogP contribution in [0.3, 0.4) is 0 Å². The van der Waals surface area contributed by atoms with Crippen molar-refractivity contribution in [2.75, 3.05) is 40.9 Å². The van der Waals surface area contributed by atoms with E-state index < -0.39 is 32.5 Å². The van der Waals surface area contributed by atoms with E-state index in [2.05, 4.69) is 44.3 Å². The van der Waals surface area contributed by atoms with Crippen molar-refractivity contribution in [1.82, 2.24) is 5.32 Å². The second kappa shape index (κ2) is 42.2. The number of allylic oxidation sites excluding steroid dienone is 5. The van der Waals surface area contributed by atoms with Crippen LogP contribution in [-0.4, -0.2) is 69.4 Å². The molecular weight excluding hydrogens is 784 g/mol. The minimum Gasteiger partial charge on any atom is -0.756 e. The molecular formula is C51H97N2O7P. The summed E-state index contributed by atoms with van der Waals surface area (Å²) in [5, 5.41) is 2.99. The van der Waals surface area contributed by atoms with Crippen molar-refractivity contribution in [2.45, 2.75) is 238 Å². The number of quaternary nitrogens is 1. The molecule has 3 atom stereocenters. The van der Waals surface area contributed by atoms with Crippen LogP contribution in [0.4, 0.5) is 0 Å². The van der Waals surface area contributed by atoms with Crippen LogP contribution in [-0.2, 0) is 27.9 Å². The molecule has 61 heavy (non-hydrogen) atoms. The first-order chi connectivity index (χ1) is 29.4. The van der Waals surface area contributed by atoms with E-state index in [4.69, 9.17) is 13.8 Å². The minimum atomic E-state index is -4.69. The summed E-state index contributed by atoms with van der Waals surface area (Å²) in [6.07, 6.45) is 46.9. The zero-order valence-corrected chi connectivity index (χ0v) is 41.5. The summed E-state index contributed by atoms with van der Waals surface area (Å²) in [7, 11) is 1.16. The predicted octanol–water partition coefficient (Wildman–Crippen LogP) is 13.8. The van der Waals surface area contributed by atoms with Crippen LogP contribution in [0.5, 0.6) is 0 Å². The molecule has 0 aromatic carbocycles. The quantitative estimate of drug-likeness (QED) is 0.0213. The number of ether oxygens (including phenoxy) is 1. The number of phosphoric ester groups is 1. The summed E-state index contributed by atoms with van der Waals surface area (Å²) in [6, 6.07) is -0.903. The van der Waals surface area contributed by atoms with Crippen molar-refractivity contribution in [3.8, 4) is 0 Å². The highest BCUT2D eigenvalue weighted by atomic mass is 31.2. The first-order valence-corrected chi connectivity index (χ1v) is 26.8. The van der Waals surface area contributed by atoms with Gasteiger partial charge in [-0.25, -0.2) is 0 Å². The fourth-order valence-electron chi connectivity index (χ4n) is 7.10. The molecule has 9 nitrogen and oxygen atoms in total. The third-order valence-corrected chi connectivity index (χ3v) is 12.1. The first kappa shape index (κ1) is 59.2. The molecule has 0 saturated heterocycles. The number of nitrogens with zero attached hydrogens (tertiary/aromatic N) is 1. The largest absolute Gasteiger partial charge is 0.756 e. The SMILES string of the molecule is CCCCCCCC/C=C\C/C=C/CCC(=O)OC(/C=C/CCCCCCCCCCC)C(COP(=O)([O-])OCC[N+](C)(C)C)NC(=O)CCCCCCCCCCCCC. The fraction of sp³-hybridized carbons (Fsp3) is 0.843. The molecule has 0 saturated carbocycles. The summed E-state index contributed by atoms with van der Waals surface area (Å²) in [4.78, 5) is 39.5. The van der Waals surface area contributed by atoms with Crippen molar-refractivity contribution in [2.24, 2.45) is 0 Å². The maximum absolute atomic E-state index is 13.4. The monoisotopic (exact) mass is 881 g/mol. The molecule has 0 aromatic rings. The number of amides is 1. The standard InChI is InChI=1S/C51H97N2O7P/c1-7-10-13-16-19-22-25-26-29-32-35-38-41-44-51(55)60-49(42-39-36-33-30-27-23-20-17-14-11-8-2)48(47-59-61(56,57)58-46-45-53(4,5)6)52-50(54)43-40-37-34-31-28-24-21-18-15-12-9-3/h26,29,35,38-39,42,48-49H,7-25,27-28,30-34,36-37,40-41,43-47H2,1-6H3,(H-,52,54,56,57)/b29-26-,38-35+,42-39+. The number of unbranched alkanes of at least 4 members (excludes halogenated alkanes) is 25. The number of esters is 1. The van der Waals surface area contributed by atoms with Gasteiger partial charge in [-0.05, 0) is 51.0 Å². The van der Waals surface area contributed by atoms with Gasteiger partial charge in [0.2, 0.25) is 5.91 Å². The number of hydrogen-bond acceptors (Lipinski definition) is 7. The average Bonchev–Trinajstić information content (AvgIpc) is 3.21. The molecule has 0 aliphatic heterocycles. The Morgan fingerprint density at radius 1 is 0.574 bits per heavy atom. The Morgan fingerprint density at radius 2 is 1.02 bits per heavy atom.